The van der Waals surface area contributed by atoms with Gasteiger partial charge in [-0.25, -0.2) is 0 Å². The Bertz CT molecular complexity index is 309. The molecule has 1 heteroatoms. The molecule has 0 heterocycles. The Kier molecular flexibility index (Phi) is 28.4. The summed E-state index contributed by atoms with van der Waals surface area (Å²) in [6.07, 6.45) is 36.6. The van der Waals surface area contributed by atoms with Gasteiger partial charge in [-0.1, -0.05) is 135 Å². The first-order valence-corrected chi connectivity index (χ1v) is 14.1. The van der Waals surface area contributed by atoms with E-state index < -0.39 is 0 Å². The molecule has 0 aromatic heterocycles. The zero-order chi connectivity index (χ0) is 21.8. The largest absolute Gasteiger partial charge is 0.381 e. The number of rotatable bonds is 26. The van der Waals surface area contributed by atoms with Crippen molar-refractivity contribution in [2.45, 2.75) is 162 Å². The lowest BCUT2D eigenvalue weighted by molar-refractivity contribution is 0.125. The van der Waals surface area contributed by atoms with Crippen molar-refractivity contribution in [2.75, 3.05) is 13.2 Å². The van der Waals surface area contributed by atoms with E-state index in [1.54, 1.807) is 0 Å². The summed E-state index contributed by atoms with van der Waals surface area (Å²) >= 11 is 0. The summed E-state index contributed by atoms with van der Waals surface area (Å²) in [5.41, 5.74) is 0. The molecule has 0 saturated carbocycles. The standard InChI is InChI=1S/C29H58O/c1-3-5-7-9-11-13-14-15-16-17-18-19-21-23-25-27-29-30-28-26-24-22-20-12-10-8-6-4-2/h15-16H,3-14,17-29H2,1-2H3. The normalized spacial score (nSPS) is 11.7. The highest BCUT2D eigenvalue weighted by molar-refractivity contribution is 4.81. The van der Waals surface area contributed by atoms with Crippen molar-refractivity contribution in [2.24, 2.45) is 0 Å². The van der Waals surface area contributed by atoms with Gasteiger partial charge in [0, 0.05) is 13.2 Å². The van der Waals surface area contributed by atoms with Crippen LogP contribution in [-0.2, 0) is 4.74 Å². The van der Waals surface area contributed by atoms with Gasteiger partial charge in [0.25, 0.3) is 0 Å². The number of allylic oxidation sites excluding steroid dienone is 2. The first-order valence-electron chi connectivity index (χ1n) is 14.1. The quantitative estimate of drug-likeness (QED) is 0.0994. The number of unbranched alkanes of at least 4 members (excludes halogenated alkanes) is 20. The Hall–Kier alpha value is -0.300. The summed E-state index contributed by atoms with van der Waals surface area (Å²) in [5, 5.41) is 0. The second kappa shape index (κ2) is 28.7. The van der Waals surface area contributed by atoms with Gasteiger partial charge in [0.2, 0.25) is 0 Å². The summed E-state index contributed by atoms with van der Waals surface area (Å²) in [4.78, 5) is 0. The van der Waals surface area contributed by atoms with Crippen LogP contribution in [0.5, 0.6) is 0 Å². The van der Waals surface area contributed by atoms with E-state index >= 15 is 0 Å². The van der Waals surface area contributed by atoms with Crippen molar-refractivity contribution in [3.8, 4) is 0 Å². The third kappa shape index (κ3) is 27.7. The van der Waals surface area contributed by atoms with Crippen LogP contribution in [0.4, 0.5) is 0 Å². The van der Waals surface area contributed by atoms with Gasteiger partial charge in [-0.2, -0.15) is 0 Å². The molecule has 0 atom stereocenters. The third-order valence-electron chi connectivity index (χ3n) is 6.19. The molecule has 0 unspecified atom stereocenters. The minimum Gasteiger partial charge on any atom is -0.381 e. The van der Waals surface area contributed by atoms with Crippen LogP contribution in [0.2, 0.25) is 0 Å². The van der Waals surface area contributed by atoms with Crippen LogP contribution >= 0.6 is 0 Å². The maximum atomic E-state index is 5.80. The van der Waals surface area contributed by atoms with E-state index in [1.165, 1.54) is 148 Å². The second-order valence-electron chi connectivity index (χ2n) is 9.38. The maximum Gasteiger partial charge on any atom is 0.0466 e. The Morgan fingerprint density at radius 2 is 0.667 bits per heavy atom. The molecule has 0 aromatic rings. The molecule has 0 saturated heterocycles. The molecule has 0 aromatic carbocycles. The van der Waals surface area contributed by atoms with E-state index in [2.05, 4.69) is 26.0 Å². The van der Waals surface area contributed by atoms with E-state index in [1.807, 2.05) is 0 Å². The Morgan fingerprint density at radius 3 is 1.03 bits per heavy atom. The predicted octanol–water partition coefficient (Wildman–Crippen LogP) is 10.6. The van der Waals surface area contributed by atoms with Crippen molar-refractivity contribution >= 4 is 0 Å². The van der Waals surface area contributed by atoms with E-state index in [4.69, 9.17) is 4.74 Å². The summed E-state index contributed by atoms with van der Waals surface area (Å²) in [5.74, 6) is 0. The molecule has 0 radical (unpaired) electrons. The lowest BCUT2D eigenvalue weighted by atomic mass is 10.1. The van der Waals surface area contributed by atoms with Gasteiger partial charge >= 0.3 is 0 Å². The molecule has 180 valence electrons. The van der Waals surface area contributed by atoms with Gasteiger partial charge in [-0.05, 0) is 38.5 Å². The molecule has 1 nitrogen and oxygen atoms in total. The Labute approximate surface area is 191 Å². The lowest BCUT2D eigenvalue weighted by Gasteiger charge is -2.05. The average molecular weight is 423 g/mol. The average Bonchev–Trinajstić information content (AvgIpc) is 2.76. The highest BCUT2D eigenvalue weighted by Gasteiger charge is 1.94. The van der Waals surface area contributed by atoms with Crippen LogP contribution in [-0.4, -0.2) is 13.2 Å². The summed E-state index contributed by atoms with van der Waals surface area (Å²) in [6.45, 7) is 6.55. The van der Waals surface area contributed by atoms with Crippen LogP contribution in [0.1, 0.15) is 162 Å². The highest BCUT2D eigenvalue weighted by atomic mass is 16.5. The van der Waals surface area contributed by atoms with Crippen molar-refractivity contribution in [3.05, 3.63) is 12.2 Å². The molecule has 0 bridgehead atoms. The molecule has 0 aliphatic heterocycles. The topological polar surface area (TPSA) is 9.23 Å². The smallest absolute Gasteiger partial charge is 0.0466 e. The monoisotopic (exact) mass is 422 g/mol. The fraction of sp³-hybridized carbons (Fsp3) is 0.931. The second-order valence-corrected chi connectivity index (χ2v) is 9.38. The molecule has 30 heavy (non-hydrogen) atoms. The summed E-state index contributed by atoms with van der Waals surface area (Å²) in [6, 6.07) is 0. The highest BCUT2D eigenvalue weighted by Crippen LogP contribution is 2.11. The molecule has 0 N–H and O–H groups in total. The number of hydrogen-bond acceptors (Lipinski definition) is 1. The zero-order valence-electron chi connectivity index (χ0n) is 21.2. The van der Waals surface area contributed by atoms with Gasteiger partial charge in [0.05, 0.1) is 0 Å². The van der Waals surface area contributed by atoms with Crippen molar-refractivity contribution in [1.82, 2.24) is 0 Å². The molecule has 0 fully saturated rings. The van der Waals surface area contributed by atoms with Crippen molar-refractivity contribution < 1.29 is 4.74 Å². The van der Waals surface area contributed by atoms with E-state index in [0.717, 1.165) is 13.2 Å². The minimum atomic E-state index is 0.984. The number of hydrogen-bond donors (Lipinski definition) is 0. The van der Waals surface area contributed by atoms with E-state index in [9.17, 15) is 0 Å². The van der Waals surface area contributed by atoms with Gasteiger partial charge in [0.1, 0.15) is 0 Å². The van der Waals surface area contributed by atoms with Crippen LogP contribution < -0.4 is 0 Å². The summed E-state index contributed by atoms with van der Waals surface area (Å²) in [7, 11) is 0. The van der Waals surface area contributed by atoms with Crippen LogP contribution in [0.15, 0.2) is 12.2 Å². The summed E-state index contributed by atoms with van der Waals surface area (Å²) < 4.78 is 5.80. The van der Waals surface area contributed by atoms with Gasteiger partial charge < -0.3 is 4.74 Å². The molecule has 0 aliphatic carbocycles. The fourth-order valence-electron chi connectivity index (χ4n) is 4.07. The molecule has 0 spiro atoms. The molecule has 0 rings (SSSR count). The molecule has 0 amide bonds. The lowest BCUT2D eigenvalue weighted by Crippen LogP contribution is -1.97. The molecule has 0 aliphatic rings. The molecular weight excluding hydrogens is 364 g/mol. The third-order valence-corrected chi connectivity index (χ3v) is 6.19. The maximum absolute atomic E-state index is 5.80. The Morgan fingerprint density at radius 1 is 0.367 bits per heavy atom. The minimum absolute atomic E-state index is 0.984. The van der Waals surface area contributed by atoms with Crippen molar-refractivity contribution in [1.29, 1.82) is 0 Å². The zero-order valence-corrected chi connectivity index (χ0v) is 21.2. The van der Waals surface area contributed by atoms with E-state index in [-0.39, 0.29) is 0 Å². The van der Waals surface area contributed by atoms with Gasteiger partial charge in [0.15, 0.2) is 0 Å². The first kappa shape index (κ1) is 29.7. The van der Waals surface area contributed by atoms with Gasteiger partial charge in [-0.15, -0.1) is 0 Å². The van der Waals surface area contributed by atoms with Crippen LogP contribution in [0.25, 0.3) is 0 Å². The predicted molar refractivity (Wildman–Crippen MR) is 137 cm³/mol. The van der Waals surface area contributed by atoms with Crippen LogP contribution in [0.3, 0.4) is 0 Å². The first-order chi connectivity index (χ1) is 14.9. The van der Waals surface area contributed by atoms with Crippen molar-refractivity contribution in [3.63, 3.8) is 0 Å². The SMILES string of the molecule is CCCCCCCCC=CCCCCCCCCOCCCCCCCCCCC. The molecular formula is C29H58O. The van der Waals surface area contributed by atoms with E-state index in [0.29, 0.717) is 0 Å². The fourth-order valence-corrected chi connectivity index (χ4v) is 4.07. The Balaban J connectivity index is 3.04. The number of ether oxygens (including phenoxy) is 1. The van der Waals surface area contributed by atoms with Crippen LogP contribution in [0, 0.1) is 0 Å². The van der Waals surface area contributed by atoms with Gasteiger partial charge in [-0.3, -0.25) is 0 Å².